The van der Waals surface area contributed by atoms with Crippen molar-refractivity contribution in [2.45, 2.75) is 20.1 Å². The second kappa shape index (κ2) is 6.99. The molecule has 20 heavy (non-hydrogen) atoms. The maximum absolute atomic E-state index is 9.93. The van der Waals surface area contributed by atoms with Gasteiger partial charge in [-0.2, -0.15) is 0 Å². The van der Waals surface area contributed by atoms with E-state index in [1.807, 2.05) is 0 Å². The molecule has 1 atom stereocenters. The van der Waals surface area contributed by atoms with Crippen molar-refractivity contribution in [2.75, 3.05) is 13.3 Å². The van der Waals surface area contributed by atoms with Crippen LogP contribution in [0, 0.1) is 13.8 Å². The molecule has 1 N–H and O–H groups in total. The lowest BCUT2D eigenvalue weighted by Crippen LogP contribution is -2.25. The molecule has 0 spiro atoms. The first kappa shape index (κ1) is 15.2. The minimum Gasteiger partial charge on any atom is -0.368 e. The van der Waals surface area contributed by atoms with Gasteiger partial charge in [-0.1, -0.05) is 48.5 Å². The van der Waals surface area contributed by atoms with E-state index in [9.17, 15) is 5.11 Å². The Bertz CT molecular complexity index is 523. The van der Waals surface area contributed by atoms with E-state index < -0.39 is 14.2 Å². The Morgan fingerprint density at radius 2 is 1.40 bits per heavy atom. The zero-order valence-corrected chi connectivity index (χ0v) is 13.1. The maximum atomic E-state index is 9.93. The lowest BCUT2D eigenvalue weighted by Gasteiger charge is -2.24. The van der Waals surface area contributed by atoms with Crippen molar-refractivity contribution in [2.24, 2.45) is 0 Å². The lowest BCUT2D eigenvalue weighted by molar-refractivity contribution is -0.0551. The van der Waals surface area contributed by atoms with Crippen LogP contribution in [0.4, 0.5) is 0 Å². The standard InChI is InChI=1S/C17H21O2P/c1-13-8-4-6-10-15(13)20(12-17(18)19-3)16-11-7-5-9-14(16)2/h4-11,17-18H,12H2,1-3H3. The van der Waals surface area contributed by atoms with E-state index in [1.54, 1.807) is 7.11 Å². The van der Waals surface area contributed by atoms with E-state index in [4.69, 9.17) is 4.74 Å². The number of benzene rings is 2. The molecule has 0 fully saturated rings. The highest BCUT2D eigenvalue weighted by Crippen LogP contribution is 2.36. The van der Waals surface area contributed by atoms with Crippen molar-refractivity contribution >= 4 is 18.5 Å². The second-order valence-electron chi connectivity index (χ2n) is 4.87. The van der Waals surface area contributed by atoms with Gasteiger partial charge in [-0.25, -0.2) is 0 Å². The molecule has 0 aliphatic rings. The molecule has 106 valence electrons. The summed E-state index contributed by atoms with van der Waals surface area (Å²) in [4.78, 5) is 0. The molecule has 2 nitrogen and oxygen atoms in total. The number of aryl methyl sites for hydroxylation is 2. The fourth-order valence-corrected chi connectivity index (χ4v) is 4.94. The molecule has 2 aromatic carbocycles. The molecule has 1 unspecified atom stereocenters. The van der Waals surface area contributed by atoms with E-state index >= 15 is 0 Å². The minimum absolute atomic E-state index is 0.613. The Kier molecular flexibility index (Phi) is 5.31. The van der Waals surface area contributed by atoms with Crippen LogP contribution in [0.5, 0.6) is 0 Å². The average Bonchev–Trinajstić information content (AvgIpc) is 2.46. The molecule has 0 aromatic heterocycles. The molecule has 0 saturated carbocycles. The number of ether oxygens (including phenoxy) is 1. The summed E-state index contributed by atoms with van der Waals surface area (Å²) in [5, 5.41) is 12.6. The van der Waals surface area contributed by atoms with E-state index in [2.05, 4.69) is 62.4 Å². The molecule has 0 heterocycles. The molecular formula is C17H21O2P. The third kappa shape index (κ3) is 3.46. The predicted molar refractivity (Wildman–Crippen MR) is 86.4 cm³/mol. The first-order chi connectivity index (χ1) is 9.63. The first-order valence-corrected chi connectivity index (χ1v) is 8.26. The Morgan fingerprint density at radius 3 is 1.80 bits per heavy atom. The Morgan fingerprint density at radius 1 is 0.950 bits per heavy atom. The first-order valence-electron chi connectivity index (χ1n) is 6.73. The minimum atomic E-state index is -0.722. The summed E-state index contributed by atoms with van der Waals surface area (Å²) in [6.07, 6.45) is -0.0954. The van der Waals surface area contributed by atoms with Crippen LogP contribution in [-0.4, -0.2) is 24.7 Å². The third-order valence-corrected chi connectivity index (χ3v) is 6.27. The molecule has 0 radical (unpaired) electrons. The fraction of sp³-hybridized carbons (Fsp3) is 0.294. The zero-order valence-electron chi connectivity index (χ0n) is 12.2. The number of hydrogen-bond acceptors (Lipinski definition) is 2. The van der Waals surface area contributed by atoms with Crippen LogP contribution >= 0.6 is 7.92 Å². The number of aliphatic hydroxyl groups excluding tert-OH is 1. The van der Waals surface area contributed by atoms with Gasteiger partial charge in [-0.15, -0.1) is 0 Å². The van der Waals surface area contributed by atoms with Gasteiger partial charge in [0.05, 0.1) is 0 Å². The van der Waals surface area contributed by atoms with Crippen LogP contribution in [0.2, 0.25) is 0 Å². The number of methoxy groups -OCH3 is 1. The van der Waals surface area contributed by atoms with E-state index in [-0.39, 0.29) is 0 Å². The Balaban J connectivity index is 2.45. The topological polar surface area (TPSA) is 29.5 Å². The summed E-state index contributed by atoms with van der Waals surface area (Å²) in [6.45, 7) is 4.25. The second-order valence-corrected chi connectivity index (χ2v) is 7.06. The van der Waals surface area contributed by atoms with E-state index in [0.717, 1.165) is 0 Å². The van der Waals surface area contributed by atoms with Crippen molar-refractivity contribution in [3.63, 3.8) is 0 Å². The molecule has 2 aromatic rings. The zero-order chi connectivity index (χ0) is 14.5. The summed E-state index contributed by atoms with van der Waals surface area (Å²) in [5.41, 5.74) is 2.54. The van der Waals surface area contributed by atoms with Crippen LogP contribution < -0.4 is 10.6 Å². The molecule has 2 rings (SSSR count). The summed E-state index contributed by atoms with van der Waals surface area (Å²) >= 11 is 0. The fourth-order valence-electron chi connectivity index (χ4n) is 2.29. The lowest BCUT2D eigenvalue weighted by atomic mass is 10.2. The molecule has 0 aliphatic heterocycles. The molecule has 0 amide bonds. The highest BCUT2D eigenvalue weighted by Gasteiger charge is 2.20. The van der Waals surface area contributed by atoms with Crippen molar-refractivity contribution in [3.8, 4) is 0 Å². The normalized spacial score (nSPS) is 12.7. The van der Waals surface area contributed by atoms with E-state index in [1.165, 1.54) is 21.7 Å². The van der Waals surface area contributed by atoms with Crippen molar-refractivity contribution in [1.82, 2.24) is 0 Å². The van der Waals surface area contributed by atoms with Gasteiger partial charge in [0.2, 0.25) is 0 Å². The van der Waals surface area contributed by atoms with Gasteiger partial charge < -0.3 is 9.84 Å². The Labute approximate surface area is 122 Å². The van der Waals surface area contributed by atoms with Gasteiger partial charge in [-0.3, -0.25) is 0 Å². The quantitative estimate of drug-likeness (QED) is 0.677. The molecule has 0 bridgehead atoms. The van der Waals surface area contributed by atoms with Crippen LogP contribution in [0.3, 0.4) is 0 Å². The smallest absolute Gasteiger partial charge is 0.158 e. The molecule has 0 aliphatic carbocycles. The van der Waals surface area contributed by atoms with Gasteiger partial charge >= 0.3 is 0 Å². The SMILES string of the molecule is COC(O)CP(c1ccccc1C)c1ccccc1C. The van der Waals surface area contributed by atoms with Gasteiger partial charge in [0.15, 0.2) is 6.29 Å². The van der Waals surface area contributed by atoms with Crippen molar-refractivity contribution in [3.05, 3.63) is 59.7 Å². The van der Waals surface area contributed by atoms with E-state index in [0.29, 0.717) is 6.16 Å². The van der Waals surface area contributed by atoms with Gasteiger partial charge in [0.25, 0.3) is 0 Å². The van der Waals surface area contributed by atoms with Crippen molar-refractivity contribution < 1.29 is 9.84 Å². The number of hydrogen-bond donors (Lipinski definition) is 1. The average molecular weight is 288 g/mol. The van der Waals surface area contributed by atoms with Crippen LogP contribution in [0.1, 0.15) is 11.1 Å². The van der Waals surface area contributed by atoms with Crippen molar-refractivity contribution in [1.29, 1.82) is 0 Å². The monoisotopic (exact) mass is 288 g/mol. The summed E-state index contributed by atoms with van der Waals surface area (Å²) in [5.74, 6) is 0. The highest BCUT2D eigenvalue weighted by molar-refractivity contribution is 7.73. The van der Waals surface area contributed by atoms with Crippen LogP contribution in [-0.2, 0) is 4.74 Å². The van der Waals surface area contributed by atoms with Gasteiger partial charge in [0, 0.05) is 13.3 Å². The summed E-state index contributed by atoms with van der Waals surface area (Å²) < 4.78 is 5.08. The summed E-state index contributed by atoms with van der Waals surface area (Å²) in [7, 11) is 0.937. The van der Waals surface area contributed by atoms with Gasteiger partial charge in [0.1, 0.15) is 0 Å². The highest BCUT2D eigenvalue weighted by atomic mass is 31.1. The molecule has 0 saturated heterocycles. The van der Waals surface area contributed by atoms with Gasteiger partial charge in [-0.05, 0) is 43.5 Å². The molecular weight excluding hydrogens is 267 g/mol. The Hall–Kier alpha value is -1.21. The number of rotatable bonds is 5. The number of aliphatic hydroxyl groups is 1. The van der Waals surface area contributed by atoms with Crippen LogP contribution in [0.25, 0.3) is 0 Å². The predicted octanol–water partition coefficient (Wildman–Crippen LogP) is 2.70. The largest absolute Gasteiger partial charge is 0.368 e. The summed E-state index contributed by atoms with van der Waals surface area (Å²) in [6, 6.07) is 16.8. The maximum Gasteiger partial charge on any atom is 0.158 e. The van der Waals surface area contributed by atoms with Crippen LogP contribution in [0.15, 0.2) is 48.5 Å². The molecule has 3 heteroatoms. The third-order valence-electron chi connectivity index (χ3n) is 3.42.